The molecule has 0 heterocycles. The molecule has 0 radical (unpaired) electrons. The molecule has 0 aliphatic carbocycles. The quantitative estimate of drug-likeness (QED) is 0.790. The van der Waals surface area contributed by atoms with Gasteiger partial charge in [-0.05, 0) is 19.5 Å². The van der Waals surface area contributed by atoms with Crippen molar-refractivity contribution in [2.75, 3.05) is 19.8 Å². The van der Waals surface area contributed by atoms with E-state index < -0.39 is 0 Å². The number of hydrogen-bond donors (Lipinski definition) is 1. The Morgan fingerprint density at radius 1 is 1.32 bits per heavy atom. The fourth-order valence-corrected chi connectivity index (χ4v) is 1.68. The zero-order valence-corrected chi connectivity index (χ0v) is 12.7. The average Bonchev–Trinajstić information content (AvgIpc) is 2.43. The standard InChI is InChI=1S/C14H19Cl2NO2/c1-3-17-9-11-6-5-7-13(18-4-2)14(11)19-10-12(16)8-15/h5-8,17H,3-4,9-10H2,1-2H3. The van der Waals surface area contributed by atoms with Gasteiger partial charge >= 0.3 is 0 Å². The molecule has 0 fully saturated rings. The van der Waals surface area contributed by atoms with E-state index in [9.17, 15) is 0 Å². The van der Waals surface area contributed by atoms with Gasteiger partial charge in [-0.25, -0.2) is 0 Å². The summed E-state index contributed by atoms with van der Waals surface area (Å²) in [4.78, 5) is 0. The summed E-state index contributed by atoms with van der Waals surface area (Å²) < 4.78 is 11.3. The normalized spacial score (nSPS) is 11.5. The van der Waals surface area contributed by atoms with E-state index >= 15 is 0 Å². The van der Waals surface area contributed by atoms with E-state index in [0.29, 0.717) is 17.4 Å². The Morgan fingerprint density at radius 2 is 2.11 bits per heavy atom. The molecule has 106 valence electrons. The van der Waals surface area contributed by atoms with Crippen LogP contribution >= 0.6 is 23.2 Å². The largest absolute Gasteiger partial charge is 0.490 e. The summed E-state index contributed by atoms with van der Waals surface area (Å²) in [5, 5.41) is 3.71. The highest BCUT2D eigenvalue weighted by molar-refractivity contribution is 6.36. The van der Waals surface area contributed by atoms with Crippen LogP contribution in [0.5, 0.6) is 11.5 Å². The van der Waals surface area contributed by atoms with Crippen LogP contribution in [0, 0.1) is 0 Å². The molecule has 0 bridgehead atoms. The molecule has 0 aliphatic heterocycles. The third-order valence-electron chi connectivity index (χ3n) is 2.40. The van der Waals surface area contributed by atoms with E-state index in [1.54, 1.807) is 0 Å². The van der Waals surface area contributed by atoms with Gasteiger partial charge in [0.15, 0.2) is 11.5 Å². The molecule has 19 heavy (non-hydrogen) atoms. The van der Waals surface area contributed by atoms with E-state index in [-0.39, 0.29) is 6.61 Å². The van der Waals surface area contributed by atoms with E-state index in [0.717, 1.165) is 24.4 Å². The Balaban J connectivity index is 2.92. The molecular weight excluding hydrogens is 285 g/mol. The molecule has 1 aromatic rings. The van der Waals surface area contributed by atoms with E-state index in [4.69, 9.17) is 32.7 Å². The first kappa shape index (κ1) is 16.2. The van der Waals surface area contributed by atoms with Gasteiger partial charge < -0.3 is 14.8 Å². The van der Waals surface area contributed by atoms with Gasteiger partial charge in [-0.15, -0.1) is 0 Å². The van der Waals surface area contributed by atoms with Crippen molar-refractivity contribution in [3.8, 4) is 11.5 Å². The van der Waals surface area contributed by atoms with Gasteiger partial charge in [0, 0.05) is 17.6 Å². The summed E-state index contributed by atoms with van der Waals surface area (Å²) in [6.07, 6.45) is 0. The van der Waals surface area contributed by atoms with Crippen LogP contribution in [0.25, 0.3) is 0 Å². The van der Waals surface area contributed by atoms with E-state index in [1.807, 2.05) is 25.1 Å². The smallest absolute Gasteiger partial charge is 0.166 e. The Labute approximate surface area is 124 Å². The fraction of sp³-hybridized carbons (Fsp3) is 0.429. The van der Waals surface area contributed by atoms with E-state index in [1.165, 1.54) is 5.54 Å². The van der Waals surface area contributed by atoms with Crippen molar-refractivity contribution in [3.63, 3.8) is 0 Å². The summed E-state index contributed by atoms with van der Waals surface area (Å²) in [6, 6.07) is 5.83. The summed E-state index contributed by atoms with van der Waals surface area (Å²) in [6.45, 7) is 6.41. The lowest BCUT2D eigenvalue weighted by atomic mass is 10.2. The zero-order chi connectivity index (χ0) is 14.1. The monoisotopic (exact) mass is 303 g/mol. The van der Waals surface area contributed by atoms with Crippen LogP contribution < -0.4 is 14.8 Å². The highest BCUT2D eigenvalue weighted by Gasteiger charge is 2.11. The van der Waals surface area contributed by atoms with Crippen LogP contribution in [0.4, 0.5) is 0 Å². The third-order valence-corrected chi connectivity index (χ3v) is 2.99. The number of nitrogens with one attached hydrogen (secondary N) is 1. The number of halogens is 2. The average molecular weight is 304 g/mol. The topological polar surface area (TPSA) is 30.5 Å². The van der Waals surface area contributed by atoms with E-state index in [2.05, 4.69) is 12.2 Å². The summed E-state index contributed by atoms with van der Waals surface area (Å²) in [5.74, 6) is 1.43. The summed E-state index contributed by atoms with van der Waals surface area (Å²) in [5.41, 5.74) is 2.33. The second-order valence-corrected chi connectivity index (χ2v) is 4.51. The molecule has 0 aliphatic rings. The van der Waals surface area contributed by atoms with Crippen LogP contribution in [-0.4, -0.2) is 19.8 Å². The fourth-order valence-electron chi connectivity index (χ4n) is 1.57. The highest BCUT2D eigenvalue weighted by atomic mass is 35.5. The lowest BCUT2D eigenvalue weighted by Gasteiger charge is -2.16. The Morgan fingerprint density at radius 3 is 2.74 bits per heavy atom. The third kappa shape index (κ3) is 5.31. The minimum absolute atomic E-state index is 0.230. The van der Waals surface area contributed by atoms with Gasteiger partial charge in [0.05, 0.1) is 11.6 Å². The van der Waals surface area contributed by atoms with Gasteiger partial charge in [0.1, 0.15) is 6.61 Å². The Bertz CT molecular complexity index is 422. The van der Waals surface area contributed by atoms with Crippen molar-refractivity contribution in [1.29, 1.82) is 0 Å². The molecule has 1 rings (SSSR count). The van der Waals surface area contributed by atoms with Gasteiger partial charge in [0.2, 0.25) is 0 Å². The van der Waals surface area contributed by atoms with Crippen molar-refractivity contribution >= 4 is 23.2 Å². The van der Waals surface area contributed by atoms with Gasteiger partial charge in [-0.3, -0.25) is 0 Å². The van der Waals surface area contributed by atoms with Crippen molar-refractivity contribution in [1.82, 2.24) is 5.32 Å². The number of rotatable bonds is 8. The molecule has 1 N–H and O–H groups in total. The molecular formula is C14H19Cl2NO2. The zero-order valence-electron chi connectivity index (χ0n) is 11.2. The second-order valence-electron chi connectivity index (χ2n) is 3.80. The molecule has 0 amide bonds. The molecule has 5 heteroatoms. The first-order valence-corrected chi connectivity index (χ1v) is 7.07. The molecule has 3 nitrogen and oxygen atoms in total. The predicted molar refractivity (Wildman–Crippen MR) is 80.3 cm³/mol. The number of hydrogen-bond acceptors (Lipinski definition) is 3. The second kappa shape index (κ2) is 9.08. The lowest BCUT2D eigenvalue weighted by Crippen LogP contribution is -2.13. The number of ether oxygens (including phenoxy) is 2. The minimum atomic E-state index is 0.230. The maximum absolute atomic E-state index is 5.85. The summed E-state index contributed by atoms with van der Waals surface area (Å²) in [7, 11) is 0. The molecule has 0 atom stereocenters. The van der Waals surface area contributed by atoms with Crippen molar-refractivity contribution in [2.45, 2.75) is 20.4 Å². The minimum Gasteiger partial charge on any atom is -0.490 e. The maximum Gasteiger partial charge on any atom is 0.166 e. The van der Waals surface area contributed by atoms with Crippen LogP contribution in [0.3, 0.4) is 0 Å². The summed E-state index contributed by atoms with van der Waals surface area (Å²) >= 11 is 11.4. The van der Waals surface area contributed by atoms with Crippen LogP contribution in [-0.2, 0) is 6.54 Å². The molecule has 0 saturated carbocycles. The lowest BCUT2D eigenvalue weighted by molar-refractivity contribution is 0.292. The number of para-hydroxylation sites is 1. The van der Waals surface area contributed by atoms with Gasteiger partial charge in [0.25, 0.3) is 0 Å². The molecule has 0 aromatic heterocycles. The van der Waals surface area contributed by atoms with Crippen molar-refractivity contribution < 1.29 is 9.47 Å². The Hall–Kier alpha value is -0.900. The molecule has 0 saturated heterocycles. The molecule has 0 spiro atoms. The maximum atomic E-state index is 5.85. The van der Waals surface area contributed by atoms with Crippen molar-refractivity contribution in [2.24, 2.45) is 0 Å². The van der Waals surface area contributed by atoms with Gasteiger partial charge in [-0.2, -0.15) is 0 Å². The van der Waals surface area contributed by atoms with Crippen LogP contribution in [0.15, 0.2) is 28.8 Å². The van der Waals surface area contributed by atoms with Crippen LogP contribution in [0.2, 0.25) is 0 Å². The predicted octanol–water partition coefficient (Wildman–Crippen LogP) is 3.89. The van der Waals surface area contributed by atoms with Crippen molar-refractivity contribution in [3.05, 3.63) is 34.3 Å². The first-order chi connectivity index (χ1) is 9.22. The molecule has 0 unspecified atom stereocenters. The Kier molecular flexibility index (Phi) is 7.72. The highest BCUT2D eigenvalue weighted by Crippen LogP contribution is 2.32. The van der Waals surface area contributed by atoms with Crippen LogP contribution in [0.1, 0.15) is 19.4 Å². The SMILES string of the molecule is CCNCc1cccc(OCC)c1OCC(Cl)=CCl. The first-order valence-electron chi connectivity index (χ1n) is 6.25. The molecule has 1 aromatic carbocycles. The number of benzene rings is 1. The van der Waals surface area contributed by atoms with Gasteiger partial charge in [-0.1, -0.05) is 42.3 Å².